The van der Waals surface area contributed by atoms with E-state index in [4.69, 9.17) is 5.73 Å². The van der Waals surface area contributed by atoms with E-state index >= 15 is 0 Å². The molecule has 1 saturated carbocycles. The number of carbonyl (C=O) groups excluding carboxylic acids is 2. The lowest BCUT2D eigenvalue weighted by Gasteiger charge is -2.26. The van der Waals surface area contributed by atoms with Gasteiger partial charge in [-0.2, -0.15) is 0 Å². The molecule has 0 aromatic carbocycles. The van der Waals surface area contributed by atoms with Crippen molar-refractivity contribution in [1.29, 1.82) is 0 Å². The molecule has 0 spiro atoms. The number of Topliss-reactive ketones (excluding diaryl/α,β-unsaturated/α-hetero) is 2. The van der Waals surface area contributed by atoms with Gasteiger partial charge >= 0.3 is 0 Å². The normalized spacial score (nSPS) is 24.4. The first-order chi connectivity index (χ1) is 8.51. The summed E-state index contributed by atoms with van der Waals surface area (Å²) in [6.07, 6.45) is 3.76. The Hall–Kier alpha value is -0.960. The molecule has 0 aliphatic heterocycles. The first kappa shape index (κ1) is 16.1. The van der Waals surface area contributed by atoms with Crippen LogP contribution in [0.3, 0.4) is 0 Å². The molecule has 0 radical (unpaired) electrons. The number of hydrogen-bond acceptors (Lipinski definition) is 3. The minimum absolute atomic E-state index is 0.000773. The highest BCUT2D eigenvalue weighted by Crippen LogP contribution is 2.32. The summed E-state index contributed by atoms with van der Waals surface area (Å²) in [7, 11) is 0. The second kappa shape index (κ2) is 5.58. The average Bonchev–Trinajstić information content (AvgIpc) is 2.28. The van der Waals surface area contributed by atoms with Crippen LogP contribution in [-0.4, -0.2) is 17.6 Å². The lowest BCUT2D eigenvalue weighted by atomic mass is 9.83. The van der Waals surface area contributed by atoms with Gasteiger partial charge < -0.3 is 5.73 Å². The van der Waals surface area contributed by atoms with Crippen LogP contribution in [0.5, 0.6) is 0 Å². The third kappa shape index (κ3) is 4.90. The number of nitrogens with two attached hydrogens (primary N) is 1. The molecule has 0 saturated heterocycles. The second-order valence-corrected chi connectivity index (χ2v) is 7.59. The van der Waals surface area contributed by atoms with E-state index in [0.29, 0.717) is 24.8 Å². The molecule has 108 valence electrons. The highest BCUT2D eigenvalue weighted by molar-refractivity contribution is 6.02. The molecule has 0 amide bonds. The van der Waals surface area contributed by atoms with Crippen LogP contribution < -0.4 is 5.73 Å². The van der Waals surface area contributed by atoms with E-state index in [0.717, 1.165) is 0 Å². The molecule has 1 fully saturated rings. The van der Waals surface area contributed by atoms with Gasteiger partial charge in [-0.25, -0.2) is 0 Å². The van der Waals surface area contributed by atoms with Gasteiger partial charge in [0.2, 0.25) is 0 Å². The molecule has 0 aromatic rings. The summed E-state index contributed by atoms with van der Waals surface area (Å²) < 4.78 is 0. The van der Waals surface area contributed by atoms with Crippen LogP contribution in [0.4, 0.5) is 0 Å². The SMILES string of the molecule is CC1(C)CC(=O)C/C(=C/C[C@@H](N)C(C)(C)C)C(=O)C1. The lowest BCUT2D eigenvalue weighted by molar-refractivity contribution is -0.119. The number of hydrogen-bond donors (Lipinski definition) is 1. The van der Waals surface area contributed by atoms with Crippen LogP contribution in [0.15, 0.2) is 11.6 Å². The van der Waals surface area contributed by atoms with E-state index in [-0.39, 0.29) is 34.9 Å². The van der Waals surface area contributed by atoms with Crippen molar-refractivity contribution in [2.24, 2.45) is 16.6 Å². The van der Waals surface area contributed by atoms with Crippen molar-refractivity contribution in [2.75, 3.05) is 0 Å². The number of carbonyl (C=O) groups is 2. The van der Waals surface area contributed by atoms with Crippen LogP contribution >= 0.6 is 0 Å². The summed E-state index contributed by atoms with van der Waals surface area (Å²) in [4.78, 5) is 24.0. The Labute approximate surface area is 116 Å². The van der Waals surface area contributed by atoms with E-state index in [1.54, 1.807) is 0 Å². The molecule has 2 N–H and O–H groups in total. The predicted octanol–water partition coefficient (Wildman–Crippen LogP) is 3.02. The fourth-order valence-corrected chi connectivity index (χ4v) is 2.33. The maximum Gasteiger partial charge on any atom is 0.159 e. The van der Waals surface area contributed by atoms with Gasteiger partial charge in [0.05, 0.1) is 0 Å². The topological polar surface area (TPSA) is 60.2 Å². The second-order valence-electron chi connectivity index (χ2n) is 7.59. The van der Waals surface area contributed by atoms with Gasteiger partial charge in [-0.3, -0.25) is 9.59 Å². The molecule has 0 unspecified atom stereocenters. The minimum atomic E-state index is -0.212. The molecular weight excluding hydrogens is 238 g/mol. The maximum absolute atomic E-state index is 12.2. The highest BCUT2D eigenvalue weighted by atomic mass is 16.1. The Balaban J connectivity index is 2.82. The van der Waals surface area contributed by atoms with Gasteiger partial charge in [0, 0.05) is 25.3 Å². The van der Waals surface area contributed by atoms with Crippen molar-refractivity contribution in [3.63, 3.8) is 0 Å². The summed E-state index contributed by atoms with van der Waals surface area (Å²) >= 11 is 0. The molecule has 1 aliphatic carbocycles. The highest BCUT2D eigenvalue weighted by Gasteiger charge is 2.31. The summed E-state index contributed by atoms with van der Waals surface area (Å²) in [5.74, 6) is 0.267. The van der Waals surface area contributed by atoms with E-state index < -0.39 is 0 Å². The number of allylic oxidation sites excluding steroid dienone is 1. The molecule has 0 bridgehead atoms. The van der Waals surface area contributed by atoms with Crippen molar-refractivity contribution in [3.05, 3.63) is 11.6 Å². The Morgan fingerprint density at radius 3 is 2.37 bits per heavy atom. The maximum atomic E-state index is 12.2. The van der Waals surface area contributed by atoms with Crippen molar-refractivity contribution < 1.29 is 9.59 Å². The van der Waals surface area contributed by atoms with Gasteiger partial charge in [-0.05, 0) is 22.8 Å². The third-order valence-electron chi connectivity index (χ3n) is 3.79. The molecule has 1 rings (SSSR count). The van der Waals surface area contributed by atoms with Gasteiger partial charge in [0.25, 0.3) is 0 Å². The zero-order valence-electron chi connectivity index (χ0n) is 12.9. The quantitative estimate of drug-likeness (QED) is 0.616. The zero-order valence-corrected chi connectivity index (χ0v) is 12.9. The number of ketones is 2. The molecule has 1 atom stereocenters. The van der Waals surface area contributed by atoms with Crippen molar-refractivity contribution in [2.45, 2.75) is 66.3 Å². The smallest absolute Gasteiger partial charge is 0.159 e. The minimum Gasteiger partial charge on any atom is -0.327 e. The lowest BCUT2D eigenvalue weighted by Crippen LogP contribution is -2.34. The van der Waals surface area contributed by atoms with Gasteiger partial charge in [-0.1, -0.05) is 40.7 Å². The van der Waals surface area contributed by atoms with E-state index in [2.05, 4.69) is 20.8 Å². The molecule has 1 aliphatic rings. The molecule has 0 aromatic heterocycles. The molecule has 3 heteroatoms. The monoisotopic (exact) mass is 265 g/mol. The van der Waals surface area contributed by atoms with E-state index in [9.17, 15) is 9.59 Å². The van der Waals surface area contributed by atoms with Crippen molar-refractivity contribution >= 4 is 11.6 Å². The molecular formula is C16H27NO2. The van der Waals surface area contributed by atoms with Gasteiger partial charge in [-0.15, -0.1) is 0 Å². The fourth-order valence-electron chi connectivity index (χ4n) is 2.33. The molecule has 3 nitrogen and oxygen atoms in total. The first-order valence-corrected chi connectivity index (χ1v) is 7.01. The summed E-state index contributed by atoms with van der Waals surface area (Å²) in [6, 6.07) is -0.000773. The van der Waals surface area contributed by atoms with Gasteiger partial charge in [0.15, 0.2) is 5.78 Å². The van der Waals surface area contributed by atoms with E-state index in [1.807, 2.05) is 19.9 Å². The van der Waals surface area contributed by atoms with Gasteiger partial charge in [0.1, 0.15) is 5.78 Å². The van der Waals surface area contributed by atoms with E-state index in [1.165, 1.54) is 0 Å². The van der Waals surface area contributed by atoms with Crippen molar-refractivity contribution in [3.8, 4) is 0 Å². The van der Waals surface area contributed by atoms with Crippen molar-refractivity contribution in [1.82, 2.24) is 0 Å². The Morgan fingerprint density at radius 2 is 1.84 bits per heavy atom. The van der Waals surface area contributed by atoms with Crippen LogP contribution in [0.1, 0.15) is 60.3 Å². The standard InChI is InChI=1S/C16H27NO2/c1-15(2,3)14(17)7-6-11-8-12(18)9-16(4,5)10-13(11)19/h6,14H,7-10,17H2,1-5H3/b11-6-/t14-/m1/s1. The zero-order chi connectivity index (χ0) is 14.8. The van der Waals surface area contributed by atoms with Crippen LogP contribution in [0, 0.1) is 10.8 Å². The summed E-state index contributed by atoms with van der Waals surface area (Å²) in [6.45, 7) is 10.2. The predicted molar refractivity (Wildman–Crippen MR) is 77.8 cm³/mol. The molecule has 0 heterocycles. The molecule has 19 heavy (non-hydrogen) atoms. The summed E-state index contributed by atoms with van der Waals surface area (Å²) in [5, 5.41) is 0. The Bertz CT molecular complexity index is 399. The van der Waals surface area contributed by atoms with Crippen LogP contribution in [0.2, 0.25) is 0 Å². The average molecular weight is 265 g/mol. The van der Waals surface area contributed by atoms with Crippen LogP contribution in [-0.2, 0) is 9.59 Å². The first-order valence-electron chi connectivity index (χ1n) is 7.01. The Morgan fingerprint density at radius 1 is 1.26 bits per heavy atom. The largest absolute Gasteiger partial charge is 0.327 e. The summed E-state index contributed by atoms with van der Waals surface area (Å²) in [5.41, 5.74) is 6.56. The fraction of sp³-hybridized carbons (Fsp3) is 0.750. The number of rotatable bonds is 2. The third-order valence-corrected chi connectivity index (χ3v) is 3.79. The van der Waals surface area contributed by atoms with Crippen LogP contribution in [0.25, 0.3) is 0 Å². The Kier molecular flexibility index (Phi) is 4.72.